The lowest BCUT2D eigenvalue weighted by atomic mass is 9.98. The molecule has 0 aliphatic heterocycles. The largest absolute Gasteiger partial charge is 0.356 e. The minimum atomic E-state index is 0.954. The summed E-state index contributed by atoms with van der Waals surface area (Å²) >= 11 is 0. The first-order chi connectivity index (χ1) is 64.9. The van der Waals surface area contributed by atoms with E-state index in [0.717, 1.165) is 42.0 Å². The topological polar surface area (TPSA) is 24.1 Å². The lowest BCUT2D eigenvalue weighted by molar-refractivity contribution is 1.19. The Hall–Kier alpha value is -16.8. The van der Waals surface area contributed by atoms with Gasteiger partial charge in [-0.3, -0.25) is 0 Å². The van der Waals surface area contributed by atoms with E-state index in [0.29, 0.717) is 0 Å². The van der Waals surface area contributed by atoms with Crippen LogP contribution in [0.5, 0.6) is 0 Å². The average Bonchev–Trinajstić information content (AvgIpc) is 0.804. The molecule has 22 aromatic rings. The average molecular weight is 1680 g/mol. The van der Waals surface area contributed by atoms with Crippen molar-refractivity contribution in [3.8, 4) is 100 Å². The van der Waals surface area contributed by atoms with Gasteiger partial charge in [-0.2, -0.15) is 0 Å². The summed E-state index contributed by atoms with van der Waals surface area (Å²) in [6.07, 6.45) is 2.91. The Kier molecular flexibility index (Phi) is 27.9. The quantitative estimate of drug-likeness (QED) is 0.0843. The van der Waals surface area contributed by atoms with Crippen LogP contribution < -0.4 is 10.6 Å². The van der Waals surface area contributed by atoms with Crippen LogP contribution in [0.15, 0.2) is 558 Å². The maximum absolute atomic E-state index is 3.54. The molecule has 0 unspecified atom stereocenters. The molecule has 2 N–H and O–H groups in total. The summed E-state index contributed by atoms with van der Waals surface area (Å²) in [6.45, 7) is 0. The number of rotatable bonds is 19. The summed E-state index contributed by atoms with van der Waals surface area (Å²) in [5.41, 5.74) is 35.0. The summed E-state index contributed by atoms with van der Waals surface area (Å²) in [5, 5.41) is 14.7. The number of fused-ring (bicyclic) bond motifs is 3. The van der Waals surface area contributed by atoms with Crippen molar-refractivity contribution in [1.82, 2.24) is 0 Å². The van der Waals surface area contributed by atoms with Crippen LogP contribution in [0.2, 0.25) is 0 Å². The third kappa shape index (κ3) is 22.7. The maximum Gasteiger partial charge on any atom is 0.0384 e. The van der Waals surface area contributed by atoms with E-state index in [-0.39, 0.29) is 0 Å². The van der Waals surface area contributed by atoms with Gasteiger partial charge in [-0.05, 0) is 234 Å². The highest BCUT2D eigenvalue weighted by molar-refractivity contribution is 5.99. The fourth-order valence-corrected chi connectivity index (χ4v) is 16.9. The predicted molar refractivity (Wildman–Crippen MR) is 561 cm³/mol. The Bertz CT molecular complexity index is 7100. The highest BCUT2D eigenvalue weighted by Gasteiger charge is 2.12. The summed E-state index contributed by atoms with van der Waals surface area (Å²) in [7, 11) is 0. The molecular weight excluding hydrogens is 1580 g/mol. The van der Waals surface area contributed by atoms with Crippen molar-refractivity contribution in [2.24, 2.45) is 0 Å². The van der Waals surface area contributed by atoms with Gasteiger partial charge in [0, 0.05) is 22.7 Å². The number of anilines is 4. The van der Waals surface area contributed by atoms with Gasteiger partial charge in [0.25, 0.3) is 0 Å². The van der Waals surface area contributed by atoms with Crippen molar-refractivity contribution in [1.29, 1.82) is 0 Å². The summed E-state index contributed by atoms with van der Waals surface area (Å²) in [6, 6.07) is 198. The van der Waals surface area contributed by atoms with Crippen LogP contribution in [0.3, 0.4) is 0 Å². The molecule has 22 rings (SSSR count). The molecule has 0 aromatic heterocycles. The van der Waals surface area contributed by atoms with Crippen LogP contribution in [0.1, 0.15) is 33.4 Å². The van der Waals surface area contributed by atoms with E-state index >= 15 is 0 Å². The van der Waals surface area contributed by atoms with Crippen molar-refractivity contribution in [2.75, 3.05) is 10.6 Å². The van der Waals surface area contributed by atoms with E-state index in [9.17, 15) is 0 Å². The molecule has 0 radical (unpaired) electrons. The highest BCUT2D eigenvalue weighted by atomic mass is 14.9. The number of hydrogen-bond acceptors (Lipinski definition) is 2. The molecule has 131 heavy (non-hydrogen) atoms. The Balaban J connectivity index is 0.000000111. The van der Waals surface area contributed by atoms with Crippen molar-refractivity contribution in [3.05, 3.63) is 591 Å². The van der Waals surface area contributed by atoms with E-state index < -0.39 is 0 Å². The Morgan fingerprint density at radius 2 is 0.290 bits per heavy atom. The van der Waals surface area contributed by atoms with E-state index in [1.54, 1.807) is 0 Å². The molecule has 0 saturated heterocycles. The molecule has 0 saturated carbocycles. The second-order valence-electron chi connectivity index (χ2n) is 32.8. The standard InChI is InChI=1S/C32H23N.C28H21N.2C25H20.C19H16/c1-3-11-29-23(7-1)9-5-13-31(29)25-15-19-27(20-16-25)33-28-21-17-26(18-22-28)32-14-6-10-24-8-2-4-12-30(24)32;1-2-7-21(8-3-1)22-13-17-25(18-14-22)29-26-19-15-24(16-20-26)28-12-6-10-23-9-4-5-11-27(23)28;1-3-9-22(10-4-1)24-16-14-20(15-17-24)18-21-8-7-13-25(19-21)23-11-5-2-6-12-23;1-3-7-22(8-4-1)24-15-11-20(12-16-24)19-21-13-17-25(18-14-21)23-9-5-2-6-10-23;1-3-7-16(8-4-1)15-17-11-13-19(14-12-17)18-9-5-2-6-10-18/h1-22,33H;1-20,29H;1-17,19H,18H2;1-18H,19H2;1-14H,15H2. The van der Waals surface area contributed by atoms with Gasteiger partial charge in [0.05, 0.1) is 0 Å². The second kappa shape index (κ2) is 42.9. The zero-order valence-corrected chi connectivity index (χ0v) is 73.2. The molecule has 626 valence electrons. The summed E-state index contributed by atoms with van der Waals surface area (Å²) in [5.74, 6) is 0. The van der Waals surface area contributed by atoms with Crippen molar-refractivity contribution >= 4 is 55.1 Å². The van der Waals surface area contributed by atoms with Gasteiger partial charge in [-0.15, -0.1) is 0 Å². The SMILES string of the molecule is c1ccc(-c2ccc(Cc3ccc(-c4ccccc4)cc3)cc2)cc1.c1ccc(-c2ccc(Cc3cccc(-c4ccccc4)c3)cc2)cc1.c1ccc(-c2ccc(Nc3ccc(-c4cccc5ccccc45)cc3)cc2)cc1.c1ccc(Cc2ccc(-c3ccccc3)cc2)cc1.c1ccc2c(-c3ccc(Nc4ccc(-c5cccc6ccccc56)cc4)cc3)cccc2c1. The first-order valence-corrected chi connectivity index (χ1v) is 45.1. The van der Waals surface area contributed by atoms with Gasteiger partial charge in [0.1, 0.15) is 0 Å². The fraction of sp³-hybridized carbons (Fsp3) is 0.0233. The lowest BCUT2D eigenvalue weighted by Gasteiger charge is -2.11. The van der Waals surface area contributed by atoms with E-state index in [4.69, 9.17) is 0 Å². The third-order valence-corrected chi connectivity index (χ3v) is 23.9. The van der Waals surface area contributed by atoms with Crippen LogP contribution >= 0.6 is 0 Å². The molecule has 0 heterocycles. The smallest absolute Gasteiger partial charge is 0.0384 e. The number of nitrogens with one attached hydrogen (secondary N) is 2. The van der Waals surface area contributed by atoms with E-state index in [1.807, 2.05) is 12.1 Å². The summed E-state index contributed by atoms with van der Waals surface area (Å²) in [4.78, 5) is 0. The monoisotopic (exact) mass is 1680 g/mol. The molecular formula is C129H100N2. The molecule has 2 nitrogen and oxygen atoms in total. The third-order valence-electron chi connectivity index (χ3n) is 23.9. The normalized spacial score (nSPS) is 10.7. The molecule has 0 fully saturated rings. The molecule has 0 spiro atoms. The van der Waals surface area contributed by atoms with Gasteiger partial charge in [0.15, 0.2) is 0 Å². The second-order valence-corrected chi connectivity index (χ2v) is 32.8. The van der Waals surface area contributed by atoms with Crippen LogP contribution in [-0.4, -0.2) is 0 Å². The van der Waals surface area contributed by atoms with Gasteiger partial charge in [-0.25, -0.2) is 0 Å². The molecule has 0 atom stereocenters. The molecule has 0 amide bonds. The van der Waals surface area contributed by atoms with Gasteiger partial charge < -0.3 is 10.6 Å². The Labute approximate surface area is 771 Å². The number of hydrogen-bond donors (Lipinski definition) is 2. The molecule has 22 aromatic carbocycles. The van der Waals surface area contributed by atoms with Gasteiger partial charge >= 0.3 is 0 Å². The lowest BCUT2D eigenvalue weighted by Crippen LogP contribution is -1.90. The zero-order chi connectivity index (χ0) is 88.2. The van der Waals surface area contributed by atoms with Crippen LogP contribution in [0, 0.1) is 0 Å². The van der Waals surface area contributed by atoms with Gasteiger partial charge in [-0.1, -0.05) is 510 Å². The molecule has 0 aliphatic rings. The van der Waals surface area contributed by atoms with Crippen molar-refractivity contribution in [2.45, 2.75) is 19.3 Å². The fourth-order valence-electron chi connectivity index (χ4n) is 16.9. The Morgan fingerprint density at radius 3 is 0.565 bits per heavy atom. The zero-order valence-electron chi connectivity index (χ0n) is 73.2. The maximum atomic E-state index is 3.54. The van der Waals surface area contributed by atoms with Crippen LogP contribution in [0.4, 0.5) is 22.7 Å². The first kappa shape index (κ1) is 85.0. The Morgan fingerprint density at radius 1 is 0.115 bits per heavy atom. The van der Waals surface area contributed by atoms with Crippen molar-refractivity contribution in [3.63, 3.8) is 0 Å². The van der Waals surface area contributed by atoms with Crippen LogP contribution in [-0.2, 0) is 19.3 Å². The minimum absolute atomic E-state index is 0.954. The van der Waals surface area contributed by atoms with E-state index in [2.05, 4.69) is 557 Å². The van der Waals surface area contributed by atoms with Crippen LogP contribution in [0.25, 0.3) is 132 Å². The predicted octanol–water partition coefficient (Wildman–Crippen LogP) is 35.2. The van der Waals surface area contributed by atoms with Gasteiger partial charge in [0.2, 0.25) is 0 Å². The highest BCUT2D eigenvalue weighted by Crippen LogP contribution is 2.36. The summed E-state index contributed by atoms with van der Waals surface area (Å²) < 4.78 is 0. The van der Waals surface area contributed by atoms with E-state index in [1.165, 1.54) is 166 Å². The van der Waals surface area contributed by atoms with Crippen molar-refractivity contribution < 1.29 is 0 Å². The minimum Gasteiger partial charge on any atom is -0.356 e. The molecule has 0 aliphatic carbocycles. The molecule has 0 bridgehead atoms. The number of benzene rings is 22. The first-order valence-electron chi connectivity index (χ1n) is 45.1. The molecule has 2 heteroatoms.